The summed E-state index contributed by atoms with van der Waals surface area (Å²) in [6.07, 6.45) is 5.08. The van der Waals surface area contributed by atoms with E-state index in [0.717, 1.165) is 11.8 Å². The molecule has 0 bridgehead atoms. The molecule has 1 aromatic rings. The summed E-state index contributed by atoms with van der Waals surface area (Å²) in [5, 5.41) is 5.16. The fraction of sp³-hybridized carbons (Fsp3) is 0.667. The first-order chi connectivity index (χ1) is 5.53. The molecule has 0 spiro atoms. The smallest absolute Gasteiger partial charge is 0.0521 e. The van der Waals surface area contributed by atoms with Gasteiger partial charge in [-0.1, -0.05) is 29.8 Å². The molecule has 0 amide bonds. The average Bonchev–Trinajstić information content (AvgIpc) is 2.35. The fourth-order valence-corrected chi connectivity index (χ4v) is 1.36. The first-order valence-corrected chi connectivity index (χ1v) is 5.19. The summed E-state index contributed by atoms with van der Waals surface area (Å²) in [7, 11) is 1.95. The number of hydrogen-bond acceptors (Lipinski definition) is 1. The Morgan fingerprint density at radius 2 is 2.25 bits per heavy atom. The van der Waals surface area contributed by atoms with Gasteiger partial charge in [-0.3, -0.25) is 4.68 Å². The minimum atomic E-state index is 0.322. The lowest BCUT2D eigenvalue weighted by molar-refractivity contribution is 0.425. The van der Waals surface area contributed by atoms with E-state index in [-0.39, 0.29) is 0 Å². The van der Waals surface area contributed by atoms with E-state index in [9.17, 15) is 0 Å². The molecule has 0 aliphatic rings. The Morgan fingerprint density at radius 3 is 2.67 bits per heavy atom. The number of aryl methyl sites for hydroxylation is 1. The van der Waals surface area contributed by atoms with Gasteiger partial charge >= 0.3 is 0 Å². The SMILES string of the molecule is Cn1cc(CC(C)(C)CBr)cn1. The first kappa shape index (κ1) is 9.78. The summed E-state index contributed by atoms with van der Waals surface area (Å²) in [5.74, 6) is 0. The highest BCUT2D eigenvalue weighted by Gasteiger charge is 2.17. The quantitative estimate of drug-likeness (QED) is 0.730. The standard InChI is InChI=1S/C9H15BrN2/c1-9(2,7-10)4-8-5-11-12(3)6-8/h5-6H,4,7H2,1-3H3. The van der Waals surface area contributed by atoms with Crippen LogP contribution in [-0.2, 0) is 13.5 Å². The number of alkyl halides is 1. The van der Waals surface area contributed by atoms with Gasteiger partial charge in [0.15, 0.2) is 0 Å². The van der Waals surface area contributed by atoms with E-state index in [2.05, 4.69) is 41.1 Å². The zero-order valence-corrected chi connectivity index (χ0v) is 9.43. The molecular weight excluding hydrogens is 216 g/mol. The van der Waals surface area contributed by atoms with E-state index in [0.29, 0.717) is 5.41 Å². The number of hydrogen-bond donors (Lipinski definition) is 0. The van der Waals surface area contributed by atoms with Gasteiger partial charge < -0.3 is 0 Å². The van der Waals surface area contributed by atoms with E-state index >= 15 is 0 Å². The molecule has 12 heavy (non-hydrogen) atoms. The van der Waals surface area contributed by atoms with E-state index in [4.69, 9.17) is 0 Å². The maximum Gasteiger partial charge on any atom is 0.0521 e. The summed E-state index contributed by atoms with van der Waals surface area (Å²) >= 11 is 3.51. The molecule has 1 aromatic heterocycles. The van der Waals surface area contributed by atoms with Crippen LogP contribution in [-0.4, -0.2) is 15.1 Å². The summed E-state index contributed by atoms with van der Waals surface area (Å²) in [5.41, 5.74) is 1.63. The molecule has 1 heterocycles. The van der Waals surface area contributed by atoms with E-state index in [1.165, 1.54) is 5.56 Å². The van der Waals surface area contributed by atoms with Crippen LogP contribution < -0.4 is 0 Å². The summed E-state index contributed by atoms with van der Waals surface area (Å²) < 4.78 is 1.85. The molecule has 0 unspecified atom stereocenters. The number of halogens is 1. The molecule has 1 rings (SSSR count). The van der Waals surface area contributed by atoms with Crippen LogP contribution in [0.25, 0.3) is 0 Å². The van der Waals surface area contributed by atoms with Crippen molar-refractivity contribution in [3.05, 3.63) is 18.0 Å². The molecule has 3 heteroatoms. The van der Waals surface area contributed by atoms with Gasteiger partial charge in [-0.25, -0.2) is 0 Å². The third kappa shape index (κ3) is 2.63. The highest BCUT2D eigenvalue weighted by Crippen LogP contribution is 2.23. The maximum atomic E-state index is 4.14. The lowest BCUT2D eigenvalue weighted by Gasteiger charge is -2.19. The van der Waals surface area contributed by atoms with Crippen molar-refractivity contribution < 1.29 is 0 Å². The molecule has 0 atom stereocenters. The van der Waals surface area contributed by atoms with Gasteiger partial charge in [0.2, 0.25) is 0 Å². The summed E-state index contributed by atoms with van der Waals surface area (Å²) in [6.45, 7) is 4.49. The average molecular weight is 231 g/mol. The zero-order valence-electron chi connectivity index (χ0n) is 7.84. The Labute approximate surface area is 82.1 Å². The molecule has 0 fully saturated rings. The lowest BCUT2D eigenvalue weighted by atomic mass is 9.89. The molecular formula is C9H15BrN2. The highest BCUT2D eigenvalue weighted by atomic mass is 79.9. The lowest BCUT2D eigenvalue weighted by Crippen LogP contribution is -2.16. The Bertz CT molecular complexity index is 253. The molecule has 0 saturated heterocycles. The van der Waals surface area contributed by atoms with Crippen LogP contribution in [0.2, 0.25) is 0 Å². The van der Waals surface area contributed by atoms with Crippen molar-refractivity contribution in [3.63, 3.8) is 0 Å². The van der Waals surface area contributed by atoms with Crippen LogP contribution in [0.3, 0.4) is 0 Å². The van der Waals surface area contributed by atoms with Crippen molar-refractivity contribution >= 4 is 15.9 Å². The van der Waals surface area contributed by atoms with Crippen LogP contribution in [0.15, 0.2) is 12.4 Å². The van der Waals surface area contributed by atoms with Crippen LogP contribution in [0, 0.1) is 5.41 Å². The minimum absolute atomic E-state index is 0.322. The second-order valence-corrected chi connectivity index (χ2v) is 4.56. The molecule has 68 valence electrons. The molecule has 0 radical (unpaired) electrons. The van der Waals surface area contributed by atoms with Crippen molar-refractivity contribution in [1.29, 1.82) is 0 Å². The van der Waals surface area contributed by atoms with Crippen molar-refractivity contribution in [2.45, 2.75) is 20.3 Å². The van der Waals surface area contributed by atoms with Gasteiger partial charge in [0.05, 0.1) is 6.20 Å². The topological polar surface area (TPSA) is 17.8 Å². The predicted molar refractivity (Wildman–Crippen MR) is 54.5 cm³/mol. The maximum absolute atomic E-state index is 4.14. The Kier molecular flexibility index (Phi) is 2.94. The number of aromatic nitrogens is 2. The molecule has 0 saturated carbocycles. The van der Waals surface area contributed by atoms with Crippen molar-refractivity contribution in [1.82, 2.24) is 9.78 Å². The highest BCUT2D eigenvalue weighted by molar-refractivity contribution is 9.09. The van der Waals surface area contributed by atoms with Crippen molar-refractivity contribution in [2.24, 2.45) is 12.5 Å². The van der Waals surface area contributed by atoms with E-state index in [1.807, 2.05) is 17.9 Å². The minimum Gasteiger partial charge on any atom is -0.276 e. The molecule has 0 aliphatic heterocycles. The third-order valence-electron chi connectivity index (χ3n) is 1.80. The van der Waals surface area contributed by atoms with Gasteiger partial charge in [0, 0.05) is 18.6 Å². The molecule has 0 aromatic carbocycles. The zero-order chi connectivity index (χ0) is 9.19. The Balaban J connectivity index is 2.63. The summed E-state index contributed by atoms with van der Waals surface area (Å²) in [6, 6.07) is 0. The Morgan fingerprint density at radius 1 is 1.58 bits per heavy atom. The normalized spacial score (nSPS) is 12.0. The van der Waals surface area contributed by atoms with E-state index < -0.39 is 0 Å². The molecule has 2 nitrogen and oxygen atoms in total. The Hall–Kier alpha value is -0.310. The summed E-state index contributed by atoms with van der Waals surface area (Å²) in [4.78, 5) is 0. The molecule has 0 N–H and O–H groups in total. The number of rotatable bonds is 3. The van der Waals surface area contributed by atoms with Gasteiger partial charge in [0.1, 0.15) is 0 Å². The van der Waals surface area contributed by atoms with Crippen LogP contribution in [0.5, 0.6) is 0 Å². The fourth-order valence-electron chi connectivity index (χ4n) is 1.16. The van der Waals surface area contributed by atoms with Crippen molar-refractivity contribution in [3.8, 4) is 0 Å². The third-order valence-corrected chi connectivity index (χ3v) is 3.32. The van der Waals surface area contributed by atoms with Crippen LogP contribution >= 0.6 is 15.9 Å². The first-order valence-electron chi connectivity index (χ1n) is 4.07. The largest absolute Gasteiger partial charge is 0.276 e. The van der Waals surface area contributed by atoms with Crippen LogP contribution in [0.4, 0.5) is 0 Å². The molecule has 0 aliphatic carbocycles. The van der Waals surface area contributed by atoms with Crippen molar-refractivity contribution in [2.75, 3.05) is 5.33 Å². The van der Waals surface area contributed by atoms with Crippen LogP contribution in [0.1, 0.15) is 19.4 Å². The van der Waals surface area contributed by atoms with Gasteiger partial charge in [-0.2, -0.15) is 5.10 Å². The van der Waals surface area contributed by atoms with Gasteiger partial charge in [-0.05, 0) is 17.4 Å². The second-order valence-electron chi connectivity index (χ2n) is 4.00. The second kappa shape index (κ2) is 3.60. The predicted octanol–water partition coefficient (Wildman–Crippen LogP) is 2.38. The van der Waals surface area contributed by atoms with Gasteiger partial charge in [0.25, 0.3) is 0 Å². The monoisotopic (exact) mass is 230 g/mol. The van der Waals surface area contributed by atoms with E-state index in [1.54, 1.807) is 0 Å². The van der Waals surface area contributed by atoms with Gasteiger partial charge in [-0.15, -0.1) is 0 Å². The number of nitrogens with zero attached hydrogens (tertiary/aromatic N) is 2.